The lowest BCUT2D eigenvalue weighted by atomic mass is 10.1. The summed E-state index contributed by atoms with van der Waals surface area (Å²) in [5.41, 5.74) is 0. The Hall–Kier alpha value is -1.02. The number of guanidine groups is 1. The van der Waals surface area contributed by atoms with Crippen molar-refractivity contribution < 1.29 is 13.2 Å². The number of nitrogens with one attached hydrogen (secondary N) is 2. The standard InChI is InChI=1S/C12H22F3N5/c1-16-11(17-3-2-12(13,14)15)18-8-10-9-19-4-6-20(10)7-5-19/h10H,2-9H2,1H3,(H2,16,17,18). The van der Waals surface area contributed by atoms with E-state index in [2.05, 4.69) is 25.4 Å². The molecule has 3 aliphatic rings. The van der Waals surface area contributed by atoms with Crippen LogP contribution in [0, 0.1) is 0 Å². The van der Waals surface area contributed by atoms with Crippen molar-refractivity contribution in [2.24, 2.45) is 4.99 Å². The first-order valence-electron chi connectivity index (χ1n) is 6.95. The highest BCUT2D eigenvalue weighted by Gasteiger charge is 2.31. The highest BCUT2D eigenvalue weighted by molar-refractivity contribution is 5.79. The van der Waals surface area contributed by atoms with E-state index in [9.17, 15) is 13.2 Å². The fourth-order valence-electron chi connectivity index (χ4n) is 2.68. The Morgan fingerprint density at radius 1 is 1.20 bits per heavy atom. The van der Waals surface area contributed by atoms with Crippen molar-refractivity contribution in [2.45, 2.75) is 18.6 Å². The number of nitrogens with zero attached hydrogens (tertiary/aromatic N) is 3. The van der Waals surface area contributed by atoms with Gasteiger partial charge in [-0.25, -0.2) is 0 Å². The molecule has 1 atom stereocenters. The normalized spacial score (nSPS) is 30.4. The molecule has 20 heavy (non-hydrogen) atoms. The molecule has 0 aromatic carbocycles. The van der Waals surface area contributed by atoms with Crippen LogP contribution in [-0.4, -0.2) is 80.8 Å². The van der Waals surface area contributed by atoms with E-state index in [0.29, 0.717) is 18.5 Å². The maximum atomic E-state index is 12.1. The van der Waals surface area contributed by atoms with Gasteiger partial charge in [-0.3, -0.25) is 14.8 Å². The van der Waals surface area contributed by atoms with E-state index in [4.69, 9.17) is 0 Å². The monoisotopic (exact) mass is 293 g/mol. The summed E-state index contributed by atoms with van der Waals surface area (Å²) in [7, 11) is 1.57. The van der Waals surface area contributed by atoms with Crippen LogP contribution < -0.4 is 10.6 Å². The lowest BCUT2D eigenvalue weighted by Gasteiger charge is -2.47. The number of aliphatic imine (C=N–C) groups is 1. The Balaban J connectivity index is 1.69. The van der Waals surface area contributed by atoms with Crippen molar-refractivity contribution in [1.82, 2.24) is 20.4 Å². The van der Waals surface area contributed by atoms with Gasteiger partial charge in [0.1, 0.15) is 0 Å². The maximum Gasteiger partial charge on any atom is 0.390 e. The molecule has 0 radical (unpaired) electrons. The van der Waals surface area contributed by atoms with E-state index in [1.807, 2.05) is 0 Å². The van der Waals surface area contributed by atoms with Crippen LogP contribution in [0.25, 0.3) is 0 Å². The highest BCUT2D eigenvalue weighted by Crippen LogP contribution is 2.18. The van der Waals surface area contributed by atoms with E-state index in [1.54, 1.807) is 7.05 Å². The summed E-state index contributed by atoms with van der Waals surface area (Å²) in [5.74, 6) is 0.437. The second-order valence-electron chi connectivity index (χ2n) is 5.24. The van der Waals surface area contributed by atoms with Gasteiger partial charge in [0, 0.05) is 58.9 Å². The van der Waals surface area contributed by atoms with Gasteiger partial charge in [0.05, 0.1) is 6.42 Å². The minimum Gasteiger partial charge on any atom is -0.356 e. The Bertz CT molecular complexity index is 336. The number of rotatable bonds is 4. The van der Waals surface area contributed by atoms with E-state index in [1.165, 1.54) is 0 Å². The summed E-state index contributed by atoms with van der Waals surface area (Å²) >= 11 is 0. The van der Waals surface area contributed by atoms with Gasteiger partial charge in [0.25, 0.3) is 0 Å². The van der Waals surface area contributed by atoms with Crippen molar-refractivity contribution in [3.8, 4) is 0 Å². The second kappa shape index (κ2) is 6.62. The highest BCUT2D eigenvalue weighted by atomic mass is 19.4. The van der Waals surface area contributed by atoms with Crippen LogP contribution in [0.5, 0.6) is 0 Å². The average molecular weight is 293 g/mol. The molecule has 3 aliphatic heterocycles. The molecule has 3 rings (SSSR count). The van der Waals surface area contributed by atoms with Crippen LogP contribution in [-0.2, 0) is 0 Å². The summed E-state index contributed by atoms with van der Waals surface area (Å²) in [6.07, 6.45) is -4.98. The van der Waals surface area contributed by atoms with Crippen molar-refractivity contribution in [3.63, 3.8) is 0 Å². The summed E-state index contributed by atoms with van der Waals surface area (Å²) in [5, 5.41) is 5.81. The van der Waals surface area contributed by atoms with Crippen molar-refractivity contribution in [2.75, 3.05) is 52.9 Å². The Labute approximate surface area is 117 Å². The molecular formula is C12H22F3N5. The van der Waals surface area contributed by atoms with Crippen molar-refractivity contribution in [1.29, 1.82) is 0 Å². The predicted octanol–water partition coefficient (Wildman–Crippen LogP) is 0.104. The third kappa shape index (κ3) is 4.52. The average Bonchev–Trinajstić information content (AvgIpc) is 2.42. The van der Waals surface area contributed by atoms with Crippen molar-refractivity contribution in [3.05, 3.63) is 0 Å². The third-order valence-electron chi connectivity index (χ3n) is 3.82. The van der Waals surface area contributed by atoms with Gasteiger partial charge in [-0.1, -0.05) is 0 Å². The number of hydrogen-bond donors (Lipinski definition) is 2. The van der Waals surface area contributed by atoms with Gasteiger partial charge < -0.3 is 10.6 Å². The molecule has 3 saturated heterocycles. The number of alkyl halides is 3. The molecular weight excluding hydrogens is 271 g/mol. The molecule has 2 N–H and O–H groups in total. The SMILES string of the molecule is CN=C(NCCC(F)(F)F)NCC1CN2CCN1CC2. The van der Waals surface area contributed by atoms with E-state index in [0.717, 1.165) is 32.7 Å². The van der Waals surface area contributed by atoms with Crippen LogP contribution in [0.1, 0.15) is 6.42 Å². The summed E-state index contributed by atoms with van der Waals surface area (Å²) < 4.78 is 36.2. The number of piperazine rings is 3. The first-order chi connectivity index (χ1) is 9.48. The zero-order valence-electron chi connectivity index (χ0n) is 11.7. The molecule has 3 heterocycles. The van der Waals surface area contributed by atoms with Crippen LogP contribution in [0.3, 0.4) is 0 Å². The van der Waals surface area contributed by atoms with Gasteiger partial charge in [0.15, 0.2) is 5.96 Å². The lowest BCUT2D eigenvalue weighted by molar-refractivity contribution is -0.132. The largest absolute Gasteiger partial charge is 0.390 e. The molecule has 5 nitrogen and oxygen atoms in total. The smallest absolute Gasteiger partial charge is 0.356 e. The fraction of sp³-hybridized carbons (Fsp3) is 0.917. The Morgan fingerprint density at radius 3 is 2.40 bits per heavy atom. The van der Waals surface area contributed by atoms with Gasteiger partial charge in [-0.2, -0.15) is 13.2 Å². The molecule has 0 aliphatic carbocycles. The quantitative estimate of drug-likeness (QED) is 0.570. The van der Waals surface area contributed by atoms with Crippen LogP contribution in [0.2, 0.25) is 0 Å². The molecule has 2 bridgehead atoms. The minimum absolute atomic E-state index is 0.149. The van der Waals surface area contributed by atoms with Crippen LogP contribution in [0.15, 0.2) is 4.99 Å². The first-order valence-corrected chi connectivity index (χ1v) is 6.95. The second-order valence-corrected chi connectivity index (χ2v) is 5.24. The third-order valence-corrected chi connectivity index (χ3v) is 3.82. The molecule has 3 fully saturated rings. The minimum atomic E-state index is -4.13. The zero-order chi connectivity index (χ0) is 14.6. The fourth-order valence-corrected chi connectivity index (χ4v) is 2.68. The van der Waals surface area contributed by atoms with Gasteiger partial charge in [-0.05, 0) is 0 Å². The van der Waals surface area contributed by atoms with E-state index < -0.39 is 12.6 Å². The van der Waals surface area contributed by atoms with Gasteiger partial charge >= 0.3 is 6.18 Å². The number of fused-ring (bicyclic) bond motifs is 3. The predicted molar refractivity (Wildman–Crippen MR) is 71.8 cm³/mol. The summed E-state index contributed by atoms with van der Waals surface area (Å²) in [4.78, 5) is 8.80. The molecule has 1 unspecified atom stereocenters. The molecule has 0 aromatic heterocycles. The lowest BCUT2D eigenvalue weighted by Crippen LogP contribution is -2.63. The number of halogens is 3. The van der Waals surface area contributed by atoms with Crippen LogP contribution >= 0.6 is 0 Å². The molecule has 8 heteroatoms. The molecule has 0 saturated carbocycles. The van der Waals surface area contributed by atoms with Crippen molar-refractivity contribution >= 4 is 5.96 Å². The Kier molecular flexibility index (Phi) is 5.09. The topological polar surface area (TPSA) is 42.9 Å². The summed E-state index contributed by atoms with van der Waals surface area (Å²) in [6.45, 7) is 5.97. The van der Waals surface area contributed by atoms with E-state index >= 15 is 0 Å². The Morgan fingerprint density at radius 2 is 1.90 bits per heavy atom. The molecule has 0 amide bonds. The van der Waals surface area contributed by atoms with Gasteiger partial charge in [0.2, 0.25) is 0 Å². The zero-order valence-corrected chi connectivity index (χ0v) is 11.7. The maximum absolute atomic E-state index is 12.1. The number of hydrogen-bond acceptors (Lipinski definition) is 3. The van der Waals surface area contributed by atoms with Gasteiger partial charge in [-0.15, -0.1) is 0 Å². The molecule has 0 aromatic rings. The summed E-state index contributed by atoms with van der Waals surface area (Å²) in [6, 6.07) is 0.415. The molecule has 116 valence electrons. The molecule has 0 spiro atoms. The van der Waals surface area contributed by atoms with Crippen LogP contribution in [0.4, 0.5) is 13.2 Å². The van der Waals surface area contributed by atoms with E-state index in [-0.39, 0.29) is 6.54 Å². The first kappa shape index (κ1) is 15.4.